The van der Waals surface area contributed by atoms with Crippen molar-refractivity contribution in [3.8, 4) is 0 Å². The average molecular weight is 243 g/mol. The molecular weight excluding hydrogens is 232 g/mol. The molecule has 1 N–H and O–H groups in total. The van der Waals surface area contributed by atoms with Gasteiger partial charge in [0, 0.05) is 10.0 Å². The number of ketones is 1. The summed E-state index contributed by atoms with van der Waals surface area (Å²) in [6, 6.07) is 6.98. The minimum Gasteiger partial charge on any atom is -0.382 e. The molecule has 2 nitrogen and oxygen atoms in total. The van der Waals surface area contributed by atoms with Crippen LogP contribution in [0.1, 0.15) is 24.2 Å². The molecule has 13 heavy (non-hydrogen) atoms. The van der Waals surface area contributed by atoms with Crippen LogP contribution in [0.5, 0.6) is 0 Å². The number of hydrogen-bond donors (Lipinski definition) is 1. The first-order valence-electron chi connectivity index (χ1n) is 3.94. The summed E-state index contributed by atoms with van der Waals surface area (Å²) in [5.74, 6) is -0.270. The molecule has 0 bridgehead atoms. The van der Waals surface area contributed by atoms with Gasteiger partial charge in [-0.2, -0.15) is 0 Å². The van der Waals surface area contributed by atoms with Crippen LogP contribution in [0.25, 0.3) is 0 Å². The Balaban J connectivity index is 3.03. The molecule has 0 heterocycles. The van der Waals surface area contributed by atoms with Gasteiger partial charge in [-0.1, -0.05) is 28.1 Å². The molecule has 0 amide bonds. The fourth-order valence-corrected chi connectivity index (χ4v) is 1.38. The van der Waals surface area contributed by atoms with Crippen LogP contribution < -0.4 is 0 Å². The van der Waals surface area contributed by atoms with Crippen LogP contribution in [-0.4, -0.2) is 16.5 Å². The first-order valence-corrected chi connectivity index (χ1v) is 4.73. The molecule has 1 aromatic carbocycles. The number of halogens is 1. The summed E-state index contributed by atoms with van der Waals surface area (Å²) in [6.07, 6.45) is 0. The summed E-state index contributed by atoms with van der Waals surface area (Å²) in [5.41, 5.74) is -0.789. The molecule has 0 unspecified atom stereocenters. The van der Waals surface area contributed by atoms with Crippen LogP contribution in [0.15, 0.2) is 28.7 Å². The highest BCUT2D eigenvalue weighted by atomic mass is 79.9. The Bertz CT molecular complexity index is 326. The van der Waals surface area contributed by atoms with Gasteiger partial charge in [0.15, 0.2) is 5.78 Å². The van der Waals surface area contributed by atoms with E-state index >= 15 is 0 Å². The summed E-state index contributed by atoms with van der Waals surface area (Å²) in [7, 11) is 0. The maximum atomic E-state index is 11.5. The van der Waals surface area contributed by atoms with Crippen molar-refractivity contribution in [2.24, 2.45) is 0 Å². The second-order valence-corrected chi connectivity index (χ2v) is 4.31. The third-order valence-corrected chi connectivity index (χ3v) is 2.14. The van der Waals surface area contributed by atoms with Crippen molar-refractivity contribution in [3.63, 3.8) is 0 Å². The van der Waals surface area contributed by atoms with Crippen molar-refractivity contribution >= 4 is 21.7 Å². The number of benzene rings is 1. The third kappa shape index (κ3) is 2.64. The molecule has 3 heteroatoms. The standard InChI is InChI=1S/C10H11BrO2/c1-10(2,13)9(12)7-4-3-5-8(11)6-7/h3-6,13H,1-2H3. The van der Waals surface area contributed by atoms with Crippen molar-refractivity contribution in [3.05, 3.63) is 34.3 Å². The van der Waals surface area contributed by atoms with Gasteiger partial charge >= 0.3 is 0 Å². The van der Waals surface area contributed by atoms with Crippen LogP contribution in [0.4, 0.5) is 0 Å². The average Bonchev–Trinajstić information content (AvgIpc) is 2.01. The molecule has 0 spiro atoms. The minimum atomic E-state index is -1.30. The van der Waals surface area contributed by atoms with Crippen molar-refractivity contribution < 1.29 is 9.90 Å². The maximum Gasteiger partial charge on any atom is 0.193 e. The van der Waals surface area contributed by atoms with E-state index in [-0.39, 0.29) is 5.78 Å². The lowest BCUT2D eigenvalue weighted by Crippen LogP contribution is -2.30. The second-order valence-electron chi connectivity index (χ2n) is 3.40. The molecule has 0 radical (unpaired) electrons. The highest BCUT2D eigenvalue weighted by Crippen LogP contribution is 2.16. The zero-order valence-electron chi connectivity index (χ0n) is 7.54. The molecule has 0 aliphatic rings. The fourth-order valence-electron chi connectivity index (χ4n) is 0.983. The van der Waals surface area contributed by atoms with Crippen LogP contribution >= 0.6 is 15.9 Å². The van der Waals surface area contributed by atoms with Crippen molar-refractivity contribution in [2.75, 3.05) is 0 Å². The Labute approximate surface area is 85.7 Å². The van der Waals surface area contributed by atoms with E-state index < -0.39 is 5.60 Å². The predicted molar refractivity (Wildman–Crippen MR) is 54.8 cm³/mol. The topological polar surface area (TPSA) is 37.3 Å². The van der Waals surface area contributed by atoms with Gasteiger partial charge in [-0.15, -0.1) is 0 Å². The van der Waals surface area contributed by atoms with Crippen LogP contribution in [0.3, 0.4) is 0 Å². The number of hydrogen-bond acceptors (Lipinski definition) is 2. The molecule has 0 saturated heterocycles. The normalized spacial score (nSPS) is 11.4. The van der Waals surface area contributed by atoms with Gasteiger partial charge in [0.25, 0.3) is 0 Å². The van der Waals surface area contributed by atoms with E-state index in [0.29, 0.717) is 5.56 Å². The SMILES string of the molecule is CC(C)(O)C(=O)c1cccc(Br)c1. The Hall–Kier alpha value is -0.670. The zero-order valence-corrected chi connectivity index (χ0v) is 9.13. The molecule has 70 valence electrons. The summed E-state index contributed by atoms with van der Waals surface area (Å²) >= 11 is 3.26. The van der Waals surface area contributed by atoms with Crippen molar-refractivity contribution in [1.29, 1.82) is 0 Å². The number of Topliss-reactive ketones (excluding diaryl/α,β-unsaturated/α-hetero) is 1. The molecule has 0 atom stereocenters. The molecule has 0 aromatic heterocycles. The van der Waals surface area contributed by atoms with E-state index in [1.54, 1.807) is 18.2 Å². The highest BCUT2D eigenvalue weighted by Gasteiger charge is 2.24. The largest absolute Gasteiger partial charge is 0.382 e. The van der Waals surface area contributed by atoms with E-state index in [0.717, 1.165) is 4.47 Å². The number of carbonyl (C=O) groups excluding carboxylic acids is 1. The fraction of sp³-hybridized carbons (Fsp3) is 0.300. The first-order chi connectivity index (χ1) is 5.91. The van der Waals surface area contributed by atoms with Gasteiger partial charge in [0.05, 0.1) is 0 Å². The van der Waals surface area contributed by atoms with Crippen molar-refractivity contribution in [1.82, 2.24) is 0 Å². The first kappa shape index (κ1) is 10.4. The van der Waals surface area contributed by atoms with Crippen LogP contribution in [0.2, 0.25) is 0 Å². The van der Waals surface area contributed by atoms with Crippen LogP contribution in [0, 0.1) is 0 Å². The van der Waals surface area contributed by atoms with Gasteiger partial charge in [-0.25, -0.2) is 0 Å². The molecule has 0 saturated carbocycles. The van der Waals surface area contributed by atoms with Gasteiger partial charge in [-0.05, 0) is 26.0 Å². The maximum absolute atomic E-state index is 11.5. The number of carbonyl (C=O) groups is 1. The Kier molecular flexibility index (Phi) is 2.88. The second kappa shape index (κ2) is 3.60. The van der Waals surface area contributed by atoms with E-state index in [2.05, 4.69) is 15.9 Å². The lowest BCUT2D eigenvalue weighted by molar-refractivity contribution is 0.0488. The summed E-state index contributed by atoms with van der Waals surface area (Å²) in [6.45, 7) is 2.96. The van der Waals surface area contributed by atoms with Crippen LogP contribution in [-0.2, 0) is 0 Å². The predicted octanol–water partition coefficient (Wildman–Crippen LogP) is 2.40. The van der Waals surface area contributed by atoms with Gasteiger partial charge in [0.1, 0.15) is 5.60 Å². The number of rotatable bonds is 2. The van der Waals surface area contributed by atoms with Crippen molar-refractivity contribution in [2.45, 2.75) is 19.4 Å². The molecular formula is C10H11BrO2. The monoisotopic (exact) mass is 242 g/mol. The summed E-state index contributed by atoms with van der Waals surface area (Å²) < 4.78 is 0.836. The molecule has 0 aliphatic heterocycles. The van der Waals surface area contributed by atoms with E-state index in [1.165, 1.54) is 13.8 Å². The molecule has 1 rings (SSSR count). The smallest absolute Gasteiger partial charge is 0.193 e. The Morgan fingerprint density at radius 2 is 2.08 bits per heavy atom. The van der Waals surface area contributed by atoms with Gasteiger partial charge in [0.2, 0.25) is 0 Å². The molecule has 1 aromatic rings. The van der Waals surface area contributed by atoms with Gasteiger partial charge < -0.3 is 5.11 Å². The lowest BCUT2D eigenvalue weighted by atomic mass is 9.97. The number of aliphatic hydroxyl groups is 1. The zero-order chi connectivity index (χ0) is 10.1. The Morgan fingerprint density at radius 3 is 2.54 bits per heavy atom. The molecule has 0 fully saturated rings. The Morgan fingerprint density at radius 1 is 1.46 bits per heavy atom. The van der Waals surface area contributed by atoms with Gasteiger partial charge in [-0.3, -0.25) is 4.79 Å². The quantitative estimate of drug-likeness (QED) is 0.810. The third-order valence-electron chi connectivity index (χ3n) is 1.64. The van der Waals surface area contributed by atoms with E-state index in [4.69, 9.17) is 0 Å². The minimum absolute atomic E-state index is 0.270. The summed E-state index contributed by atoms with van der Waals surface area (Å²) in [5, 5.41) is 9.47. The lowest BCUT2D eigenvalue weighted by Gasteiger charge is -2.15. The summed E-state index contributed by atoms with van der Waals surface area (Å²) in [4.78, 5) is 11.5. The highest BCUT2D eigenvalue weighted by molar-refractivity contribution is 9.10. The molecule has 0 aliphatic carbocycles. The van der Waals surface area contributed by atoms with E-state index in [9.17, 15) is 9.90 Å². The van der Waals surface area contributed by atoms with E-state index in [1.807, 2.05) is 6.07 Å².